The third-order valence-corrected chi connectivity index (χ3v) is 5.03. The van der Waals surface area contributed by atoms with Gasteiger partial charge in [-0.2, -0.15) is 10.1 Å². The third kappa shape index (κ3) is 3.47. The Kier molecular flexibility index (Phi) is 5.14. The van der Waals surface area contributed by atoms with Crippen molar-refractivity contribution in [2.45, 2.75) is 19.9 Å². The van der Waals surface area contributed by atoms with Gasteiger partial charge in [0, 0.05) is 0 Å². The molecule has 0 aliphatic rings. The molecule has 0 spiro atoms. The lowest BCUT2D eigenvalue weighted by molar-refractivity contribution is 0.354. The molecule has 4 aromatic rings. The third-order valence-electron chi connectivity index (χ3n) is 5.03. The Balaban J connectivity index is 1.72. The van der Waals surface area contributed by atoms with E-state index >= 15 is 0 Å². The zero-order valence-electron chi connectivity index (χ0n) is 17.3. The number of benzene rings is 2. The number of fused-ring (bicyclic) bond motifs is 1. The van der Waals surface area contributed by atoms with Crippen LogP contribution in [0.4, 0.5) is 5.95 Å². The van der Waals surface area contributed by atoms with Crippen molar-refractivity contribution in [3.05, 3.63) is 70.1 Å². The van der Waals surface area contributed by atoms with Gasteiger partial charge in [0.1, 0.15) is 5.39 Å². The summed E-state index contributed by atoms with van der Waals surface area (Å²) >= 11 is 0. The molecule has 0 saturated carbocycles. The first-order chi connectivity index (χ1) is 14.5. The van der Waals surface area contributed by atoms with Crippen LogP contribution in [0.25, 0.3) is 16.7 Å². The summed E-state index contributed by atoms with van der Waals surface area (Å²) in [6.45, 7) is 3.99. The average molecular weight is 405 g/mol. The fraction of sp³-hybridized carbons (Fsp3) is 0.227. The number of anilines is 1. The maximum Gasteiger partial charge on any atom is 0.263 e. The largest absolute Gasteiger partial charge is 0.493 e. The molecule has 0 aliphatic carbocycles. The summed E-state index contributed by atoms with van der Waals surface area (Å²) in [4.78, 5) is 20.0. The number of aryl methyl sites for hydroxylation is 1. The fourth-order valence-electron chi connectivity index (χ4n) is 3.49. The molecular weight excluding hydrogens is 382 g/mol. The summed E-state index contributed by atoms with van der Waals surface area (Å²) in [6.07, 6.45) is 1.53. The second-order valence-corrected chi connectivity index (χ2v) is 6.97. The Morgan fingerprint density at radius 1 is 1.10 bits per heavy atom. The number of methoxy groups -OCH3 is 2. The average Bonchev–Trinajstić information content (AvgIpc) is 3.18. The highest BCUT2D eigenvalue weighted by atomic mass is 16.5. The van der Waals surface area contributed by atoms with E-state index in [9.17, 15) is 4.79 Å². The normalized spacial score (nSPS) is 12.0. The topological polar surface area (TPSA) is 94.1 Å². The number of aromatic amines is 1. The molecule has 0 aliphatic heterocycles. The summed E-state index contributed by atoms with van der Waals surface area (Å²) < 4.78 is 12.4. The van der Waals surface area contributed by atoms with Gasteiger partial charge >= 0.3 is 0 Å². The van der Waals surface area contributed by atoms with E-state index in [0.717, 1.165) is 16.8 Å². The molecule has 2 aromatic heterocycles. The first-order valence-electron chi connectivity index (χ1n) is 9.54. The van der Waals surface area contributed by atoms with E-state index in [1.54, 1.807) is 18.9 Å². The van der Waals surface area contributed by atoms with Crippen molar-refractivity contribution in [1.82, 2.24) is 19.7 Å². The highest BCUT2D eigenvalue weighted by Gasteiger charge is 2.16. The molecule has 30 heavy (non-hydrogen) atoms. The van der Waals surface area contributed by atoms with E-state index in [1.807, 2.05) is 56.3 Å². The molecular formula is C22H23N5O3. The Morgan fingerprint density at radius 3 is 2.50 bits per heavy atom. The fourth-order valence-corrected chi connectivity index (χ4v) is 3.49. The van der Waals surface area contributed by atoms with E-state index in [4.69, 9.17) is 9.47 Å². The van der Waals surface area contributed by atoms with Gasteiger partial charge in [-0.15, -0.1) is 0 Å². The maximum absolute atomic E-state index is 12.6. The number of ether oxygens (including phenoxy) is 2. The predicted molar refractivity (Wildman–Crippen MR) is 116 cm³/mol. The standard InChI is InChI=1S/C22H23N5O3/c1-13-10-18(29-3)19(30-4)11-16(13)14(2)24-22-25-20-17(21(28)26-22)12-23-27(20)15-8-6-5-7-9-15/h5-12,14H,1-4H3,(H2,24,25,26,28). The Morgan fingerprint density at radius 2 is 1.80 bits per heavy atom. The highest BCUT2D eigenvalue weighted by molar-refractivity contribution is 5.76. The zero-order valence-corrected chi connectivity index (χ0v) is 17.3. The minimum Gasteiger partial charge on any atom is -0.493 e. The number of nitrogens with zero attached hydrogens (tertiary/aromatic N) is 3. The van der Waals surface area contributed by atoms with E-state index in [-0.39, 0.29) is 11.6 Å². The Labute approximate surface area is 173 Å². The van der Waals surface area contributed by atoms with E-state index in [0.29, 0.717) is 28.5 Å². The summed E-state index contributed by atoms with van der Waals surface area (Å²) in [5.74, 6) is 1.68. The number of hydrogen-bond donors (Lipinski definition) is 2. The van der Waals surface area contributed by atoms with Crippen LogP contribution in [0.3, 0.4) is 0 Å². The molecule has 4 rings (SSSR count). The van der Waals surface area contributed by atoms with Crippen molar-refractivity contribution in [1.29, 1.82) is 0 Å². The molecule has 154 valence electrons. The van der Waals surface area contributed by atoms with Crippen LogP contribution in [0, 0.1) is 6.92 Å². The van der Waals surface area contributed by atoms with Crippen molar-refractivity contribution in [2.75, 3.05) is 19.5 Å². The smallest absolute Gasteiger partial charge is 0.263 e. The summed E-state index contributed by atoms with van der Waals surface area (Å²) in [7, 11) is 3.21. The lowest BCUT2D eigenvalue weighted by Gasteiger charge is -2.19. The van der Waals surface area contributed by atoms with Crippen molar-refractivity contribution in [2.24, 2.45) is 0 Å². The van der Waals surface area contributed by atoms with Crippen molar-refractivity contribution < 1.29 is 9.47 Å². The van der Waals surface area contributed by atoms with Gasteiger partial charge < -0.3 is 14.8 Å². The van der Waals surface area contributed by atoms with Crippen LogP contribution in [0.1, 0.15) is 24.1 Å². The second kappa shape index (κ2) is 7.90. The number of hydrogen-bond acceptors (Lipinski definition) is 6. The van der Waals surface area contributed by atoms with Gasteiger partial charge in [-0.25, -0.2) is 4.68 Å². The van der Waals surface area contributed by atoms with Gasteiger partial charge in [0.2, 0.25) is 5.95 Å². The molecule has 1 unspecified atom stereocenters. The second-order valence-electron chi connectivity index (χ2n) is 6.97. The van der Waals surface area contributed by atoms with Gasteiger partial charge in [-0.1, -0.05) is 18.2 Å². The summed E-state index contributed by atoms with van der Waals surface area (Å²) in [6, 6.07) is 13.3. The van der Waals surface area contributed by atoms with E-state index < -0.39 is 0 Å². The van der Waals surface area contributed by atoms with Crippen molar-refractivity contribution >= 4 is 17.0 Å². The Hall–Kier alpha value is -3.81. The van der Waals surface area contributed by atoms with Crippen LogP contribution in [0.5, 0.6) is 11.5 Å². The number of H-pyrrole nitrogens is 1. The van der Waals surface area contributed by atoms with Gasteiger partial charge in [0.25, 0.3) is 5.56 Å². The molecule has 0 fully saturated rings. The molecule has 2 N–H and O–H groups in total. The van der Waals surface area contributed by atoms with Gasteiger partial charge in [-0.05, 0) is 49.2 Å². The summed E-state index contributed by atoms with van der Waals surface area (Å²) in [5.41, 5.74) is 3.11. The SMILES string of the molecule is COc1cc(C)c(C(C)Nc2nc3c(cnn3-c3ccccc3)c(=O)[nH]2)cc1OC. The quantitative estimate of drug-likeness (QED) is 0.509. The van der Waals surface area contributed by atoms with Crippen molar-refractivity contribution in [3.8, 4) is 17.2 Å². The van der Waals surface area contributed by atoms with Gasteiger partial charge in [0.05, 0.1) is 32.1 Å². The number of aromatic nitrogens is 4. The Bertz CT molecular complexity index is 1250. The first-order valence-corrected chi connectivity index (χ1v) is 9.54. The van der Waals surface area contributed by atoms with Crippen LogP contribution in [-0.2, 0) is 0 Å². The van der Waals surface area contributed by atoms with E-state index in [1.165, 1.54) is 6.20 Å². The lowest BCUT2D eigenvalue weighted by atomic mass is 10.0. The zero-order chi connectivity index (χ0) is 21.3. The predicted octanol–water partition coefficient (Wildman–Crippen LogP) is 3.61. The summed E-state index contributed by atoms with van der Waals surface area (Å²) in [5, 5.41) is 8.05. The molecule has 8 heteroatoms. The monoisotopic (exact) mass is 405 g/mol. The van der Waals surface area contributed by atoms with E-state index in [2.05, 4.69) is 20.4 Å². The molecule has 0 radical (unpaired) electrons. The molecule has 0 amide bonds. The molecule has 2 heterocycles. The molecule has 8 nitrogen and oxygen atoms in total. The molecule has 2 aromatic carbocycles. The van der Waals surface area contributed by atoms with Crippen LogP contribution in [0.15, 0.2) is 53.5 Å². The van der Waals surface area contributed by atoms with Crippen LogP contribution in [0.2, 0.25) is 0 Å². The van der Waals surface area contributed by atoms with Crippen molar-refractivity contribution in [3.63, 3.8) is 0 Å². The highest BCUT2D eigenvalue weighted by Crippen LogP contribution is 2.33. The minimum atomic E-state index is -0.249. The van der Waals surface area contributed by atoms with Crippen LogP contribution < -0.4 is 20.3 Å². The van der Waals surface area contributed by atoms with Crippen LogP contribution >= 0.6 is 0 Å². The maximum atomic E-state index is 12.6. The molecule has 0 saturated heterocycles. The minimum absolute atomic E-state index is 0.140. The number of para-hydroxylation sites is 1. The lowest BCUT2D eigenvalue weighted by Crippen LogP contribution is -2.16. The van der Waals surface area contributed by atoms with Crippen LogP contribution in [-0.4, -0.2) is 34.0 Å². The molecule has 1 atom stereocenters. The number of nitrogens with one attached hydrogen (secondary N) is 2. The van der Waals surface area contributed by atoms with Gasteiger partial charge in [0.15, 0.2) is 17.1 Å². The van der Waals surface area contributed by atoms with Gasteiger partial charge in [-0.3, -0.25) is 9.78 Å². The molecule has 0 bridgehead atoms. The number of rotatable bonds is 6. The first kappa shape index (κ1) is 19.5.